The summed E-state index contributed by atoms with van der Waals surface area (Å²) in [6, 6.07) is 2.89. The van der Waals surface area contributed by atoms with Crippen molar-refractivity contribution in [1.29, 1.82) is 0 Å². The Kier molecular flexibility index (Phi) is 4.59. The van der Waals surface area contributed by atoms with Crippen LogP contribution in [0.15, 0.2) is 21.6 Å². The van der Waals surface area contributed by atoms with Crippen LogP contribution < -0.4 is 4.72 Å². The Hall–Kier alpha value is -0.560. The Labute approximate surface area is 93.4 Å². The molecule has 0 aliphatic heterocycles. The molecule has 0 amide bonds. The van der Waals surface area contributed by atoms with Crippen LogP contribution in [0.1, 0.15) is 5.76 Å². The van der Waals surface area contributed by atoms with Gasteiger partial charge in [-0.2, -0.15) is 0 Å². The smallest absolute Gasteiger partial charge is 0.274 e. The van der Waals surface area contributed by atoms with Gasteiger partial charge in [-0.25, -0.2) is 13.1 Å². The van der Waals surface area contributed by atoms with Gasteiger partial charge in [0.25, 0.3) is 10.0 Å². The normalized spacial score (nSPS) is 11.9. The molecule has 0 atom stereocenters. The number of ether oxygens (including phenoxy) is 1. The molecular weight excluding hydrogens is 242 g/mol. The van der Waals surface area contributed by atoms with Gasteiger partial charge >= 0.3 is 0 Å². The van der Waals surface area contributed by atoms with Crippen molar-refractivity contribution in [2.75, 3.05) is 20.3 Å². The van der Waals surface area contributed by atoms with E-state index in [4.69, 9.17) is 20.8 Å². The van der Waals surface area contributed by atoms with Crippen molar-refractivity contribution in [3.05, 3.63) is 17.9 Å². The number of sulfonamides is 1. The topological polar surface area (TPSA) is 68.5 Å². The standard InChI is InChI=1S/C8H12ClNO4S/c1-13-5-4-10-15(11,12)8-3-2-7(6-9)14-8/h2-3,10H,4-6H2,1H3. The highest BCUT2D eigenvalue weighted by atomic mass is 35.5. The molecule has 5 nitrogen and oxygen atoms in total. The van der Waals surface area contributed by atoms with Crippen LogP contribution >= 0.6 is 11.6 Å². The second kappa shape index (κ2) is 5.50. The lowest BCUT2D eigenvalue weighted by molar-refractivity contribution is 0.204. The van der Waals surface area contributed by atoms with Gasteiger partial charge in [0.05, 0.1) is 12.5 Å². The zero-order chi connectivity index (χ0) is 11.3. The maximum absolute atomic E-state index is 11.5. The highest BCUT2D eigenvalue weighted by Crippen LogP contribution is 2.14. The van der Waals surface area contributed by atoms with Crippen LogP contribution in [-0.2, 0) is 20.6 Å². The van der Waals surface area contributed by atoms with Gasteiger partial charge in [0.15, 0.2) is 0 Å². The number of hydrogen-bond donors (Lipinski definition) is 1. The number of alkyl halides is 1. The first-order valence-corrected chi connectivity index (χ1v) is 6.25. The first kappa shape index (κ1) is 12.5. The van der Waals surface area contributed by atoms with Crippen molar-refractivity contribution < 1.29 is 17.6 Å². The quantitative estimate of drug-likeness (QED) is 0.605. The van der Waals surface area contributed by atoms with Crippen LogP contribution in [0.4, 0.5) is 0 Å². The SMILES string of the molecule is COCCNS(=O)(=O)c1ccc(CCl)o1. The second-order valence-corrected chi connectivity index (χ2v) is 4.71. The van der Waals surface area contributed by atoms with Crippen molar-refractivity contribution >= 4 is 21.6 Å². The summed E-state index contributed by atoms with van der Waals surface area (Å²) in [5, 5.41) is -0.130. The van der Waals surface area contributed by atoms with Gasteiger partial charge in [0.2, 0.25) is 5.09 Å². The van der Waals surface area contributed by atoms with Crippen LogP contribution in [-0.4, -0.2) is 28.7 Å². The molecule has 0 aliphatic carbocycles. The summed E-state index contributed by atoms with van der Waals surface area (Å²) in [7, 11) is -2.08. The highest BCUT2D eigenvalue weighted by Gasteiger charge is 2.17. The number of furan rings is 1. The molecule has 1 aromatic rings. The van der Waals surface area contributed by atoms with Gasteiger partial charge in [0.1, 0.15) is 5.76 Å². The van der Waals surface area contributed by atoms with Gasteiger partial charge in [0, 0.05) is 13.7 Å². The Morgan fingerprint density at radius 1 is 1.53 bits per heavy atom. The summed E-state index contributed by atoms with van der Waals surface area (Å²) in [5.41, 5.74) is 0. The molecule has 1 rings (SSSR count). The fourth-order valence-electron chi connectivity index (χ4n) is 0.924. The third-order valence-corrected chi connectivity index (χ3v) is 3.23. The Morgan fingerprint density at radius 3 is 2.80 bits per heavy atom. The van der Waals surface area contributed by atoms with Gasteiger partial charge in [-0.3, -0.25) is 0 Å². The van der Waals surface area contributed by atoms with E-state index in [1.54, 1.807) is 0 Å². The molecule has 1 heterocycles. The third kappa shape index (κ3) is 3.49. The summed E-state index contributed by atoms with van der Waals surface area (Å²) in [4.78, 5) is 0. The average molecular weight is 254 g/mol. The van der Waals surface area contributed by atoms with Crippen molar-refractivity contribution in [2.24, 2.45) is 0 Å². The third-order valence-electron chi connectivity index (χ3n) is 1.63. The van der Waals surface area contributed by atoms with Crippen LogP contribution in [0.3, 0.4) is 0 Å². The van der Waals surface area contributed by atoms with Gasteiger partial charge in [-0.05, 0) is 12.1 Å². The predicted octanol–water partition coefficient (Wildman–Crippen LogP) is 0.943. The molecule has 0 saturated heterocycles. The molecule has 1 N–H and O–H groups in total. The molecule has 0 aromatic carbocycles. The van der Waals surface area contributed by atoms with Crippen molar-refractivity contribution in [2.45, 2.75) is 11.0 Å². The molecule has 0 unspecified atom stereocenters. The maximum atomic E-state index is 11.5. The van der Waals surface area contributed by atoms with Crippen molar-refractivity contribution in [3.63, 3.8) is 0 Å². The Balaban J connectivity index is 2.68. The molecule has 0 aliphatic rings. The molecule has 0 fully saturated rings. The summed E-state index contributed by atoms with van der Waals surface area (Å²) in [6.07, 6.45) is 0. The van der Waals surface area contributed by atoms with Crippen molar-refractivity contribution in [3.8, 4) is 0 Å². The summed E-state index contributed by atoms with van der Waals surface area (Å²) in [5.74, 6) is 0.567. The molecule has 0 saturated carbocycles. The van der Waals surface area contributed by atoms with Gasteiger partial charge in [-0.15, -0.1) is 11.6 Å². The number of nitrogens with one attached hydrogen (secondary N) is 1. The molecule has 0 spiro atoms. The lowest BCUT2D eigenvalue weighted by atomic mass is 10.5. The van der Waals surface area contributed by atoms with E-state index in [1.165, 1.54) is 19.2 Å². The zero-order valence-corrected chi connectivity index (χ0v) is 9.77. The first-order chi connectivity index (χ1) is 7.10. The molecule has 86 valence electrons. The van der Waals surface area contributed by atoms with E-state index >= 15 is 0 Å². The second-order valence-electron chi connectivity index (χ2n) is 2.74. The van der Waals surface area contributed by atoms with E-state index < -0.39 is 10.0 Å². The molecule has 15 heavy (non-hydrogen) atoms. The van der Waals surface area contributed by atoms with E-state index in [2.05, 4.69) is 4.72 Å². The van der Waals surface area contributed by atoms with Crippen LogP contribution in [0.25, 0.3) is 0 Å². The van der Waals surface area contributed by atoms with Gasteiger partial charge < -0.3 is 9.15 Å². The molecule has 0 bridgehead atoms. The minimum Gasteiger partial charge on any atom is -0.447 e. The summed E-state index contributed by atoms with van der Waals surface area (Å²) < 4.78 is 35.1. The highest BCUT2D eigenvalue weighted by molar-refractivity contribution is 7.89. The molecule has 1 aromatic heterocycles. The summed E-state index contributed by atoms with van der Waals surface area (Å²) >= 11 is 5.49. The number of hydrogen-bond acceptors (Lipinski definition) is 4. The monoisotopic (exact) mass is 253 g/mol. The fourth-order valence-corrected chi connectivity index (χ4v) is 2.03. The lowest BCUT2D eigenvalue weighted by Gasteiger charge is -2.02. The Morgan fingerprint density at radius 2 is 2.27 bits per heavy atom. The number of methoxy groups -OCH3 is 1. The molecular formula is C8H12ClNO4S. The maximum Gasteiger partial charge on any atom is 0.274 e. The average Bonchev–Trinajstić information content (AvgIpc) is 2.66. The van der Waals surface area contributed by atoms with E-state index in [1.807, 2.05) is 0 Å². The van der Waals surface area contributed by atoms with E-state index in [0.29, 0.717) is 12.4 Å². The fraction of sp³-hybridized carbons (Fsp3) is 0.500. The van der Waals surface area contributed by atoms with E-state index in [0.717, 1.165) is 0 Å². The number of halogens is 1. The lowest BCUT2D eigenvalue weighted by Crippen LogP contribution is -2.26. The number of rotatable bonds is 6. The van der Waals surface area contributed by atoms with E-state index in [-0.39, 0.29) is 17.5 Å². The van der Waals surface area contributed by atoms with Gasteiger partial charge in [-0.1, -0.05) is 0 Å². The zero-order valence-electron chi connectivity index (χ0n) is 8.20. The van der Waals surface area contributed by atoms with Crippen LogP contribution in [0, 0.1) is 0 Å². The van der Waals surface area contributed by atoms with Crippen LogP contribution in [0.2, 0.25) is 0 Å². The largest absolute Gasteiger partial charge is 0.447 e. The summed E-state index contributed by atoms with van der Waals surface area (Å²) in [6.45, 7) is 0.512. The minimum absolute atomic E-state index is 0.130. The minimum atomic E-state index is -3.58. The molecule has 0 radical (unpaired) electrons. The van der Waals surface area contributed by atoms with Crippen LogP contribution in [0.5, 0.6) is 0 Å². The first-order valence-electron chi connectivity index (χ1n) is 4.23. The molecule has 7 heteroatoms. The predicted molar refractivity (Wildman–Crippen MR) is 55.3 cm³/mol. The van der Waals surface area contributed by atoms with E-state index in [9.17, 15) is 8.42 Å². The Bertz CT molecular complexity index is 401. The van der Waals surface area contributed by atoms with Crippen molar-refractivity contribution in [1.82, 2.24) is 4.72 Å².